The second-order valence-corrected chi connectivity index (χ2v) is 10.3. The van der Waals surface area contributed by atoms with Crippen LogP contribution in [0.4, 0.5) is 4.79 Å². The fraction of sp³-hybridized carbons (Fsp3) is 0.850. The lowest BCUT2D eigenvalue weighted by atomic mass is 9.48. The van der Waals surface area contributed by atoms with Crippen molar-refractivity contribution >= 4 is 29.6 Å². The van der Waals surface area contributed by atoms with Crippen LogP contribution >= 0.6 is 11.8 Å². The fourth-order valence-corrected chi connectivity index (χ4v) is 6.92. The molecule has 2 N–H and O–H groups in total. The molecule has 6 nitrogen and oxygen atoms in total. The highest BCUT2D eigenvalue weighted by Crippen LogP contribution is 2.61. The molecule has 4 saturated carbocycles. The second-order valence-electron chi connectivity index (χ2n) is 9.28. The monoisotopic (exact) mass is 393 g/mol. The van der Waals surface area contributed by atoms with E-state index >= 15 is 0 Å². The third-order valence-corrected chi connectivity index (χ3v) is 8.04. The lowest BCUT2D eigenvalue weighted by molar-refractivity contribution is -0.134. The number of hydrogen-bond acceptors (Lipinski definition) is 4. The van der Waals surface area contributed by atoms with Crippen molar-refractivity contribution in [2.75, 3.05) is 18.6 Å². The summed E-state index contributed by atoms with van der Waals surface area (Å²) >= 11 is 1.64. The second kappa shape index (κ2) is 7.30. The summed E-state index contributed by atoms with van der Waals surface area (Å²) in [6.07, 6.45) is 10.4. The summed E-state index contributed by atoms with van der Waals surface area (Å²) in [5.74, 6) is 2.81. The molecule has 4 amide bonds. The third kappa shape index (κ3) is 3.59. The van der Waals surface area contributed by atoms with Gasteiger partial charge >= 0.3 is 6.03 Å². The highest BCUT2D eigenvalue weighted by Gasteiger charge is 2.53. The molecular formula is C20H31N3O3S. The molecule has 27 heavy (non-hydrogen) atoms. The number of amides is 4. The van der Waals surface area contributed by atoms with Crippen LogP contribution < -0.4 is 10.6 Å². The van der Waals surface area contributed by atoms with E-state index in [9.17, 15) is 14.4 Å². The average molecular weight is 394 g/mol. The molecule has 5 fully saturated rings. The molecule has 1 saturated heterocycles. The Hall–Kier alpha value is -1.24. The Morgan fingerprint density at radius 3 is 2.37 bits per heavy atom. The maximum absolute atomic E-state index is 12.6. The molecule has 0 aromatic rings. The van der Waals surface area contributed by atoms with Gasteiger partial charge in [-0.2, -0.15) is 11.8 Å². The van der Waals surface area contributed by atoms with E-state index in [1.165, 1.54) is 38.5 Å². The molecule has 1 heterocycles. The maximum Gasteiger partial charge on any atom is 0.325 e. The SMILES string of the molecule is CSCC[C@@H]1NC(=O)N(CC(=O)N[C@H](C)C23CC4CC(CC(C4)C2)C3)C1=O. The maximum atomic E-state index is 12.6. The van der Waals surface area contributed by atoms with E-state index in [4.69, 9.17) is 0 Å². The summed E-state index contributed by atoms with van der Waals surface area (Å²) < 4.78 is 0. The Morgan fingerprint density at radius 1 is 1.22 bits per heavy atom. The van der Waals surface area contributed by atoms with Crippen molar-refractivity contribution in [2.45, 2.75) is 64.0 Å². The van der Waals surface area contributed by atoms with Gasteiger partial charge in [-0.3, -0.25) is 14.5 Å². The van der Waals surface area contributed by atoms with Crippen LogP contribution in [0.15, 0.2) is 0 Å². The first-order valence-corrected chi connectivity index (χ1v) is 11.7. The van der Waals surface area contributed by atoms with E-state index in [2.05, 4.69) is 17.6 Å². The smallest absolute Gasteiger partial charge is 0.325 e. The van der Waals surface area contributed by atoms with Gasteiger partial charge in [-0.1, -0.05) is 0 Å². The van der Waals surface area contributed by atoms with Crippen LogP contribution in [-0.4, -0.2) is 53.4 Å². The molecule has 0 radical (unpaired) electrons. The van der Waals surface area contributed by atoms with Gasteiger partial charge < -0.3 is 10.6 Å². The first kappa shape index (κ1) is 19.1. The minimum Gasteiger partial charge on any atom is -0.352 e. The Morgan fingerprint density at radius 2 is 1.81 bits per heavy atom. The van der Waals surface area contributed by atoms with Crippen LogP contribution in [0.2, 0.25) is 0 Å². The molecule has 0 unspecified atom stereocenters. The van der Waals surface area contributed by atoms with Crippen LogP contribution in [-0.2, 0) is 9.59 Å². The van der Waals surface area contributed by atoms with Crippen molar-refractivity contribution < 1.29 is 14.4 Å². The first-order chi connectivity index (χ1) is 12.9. The van der Waals surface area contributed by atoms with Crippen molar-refractivity contribution in [1.29, 1.82) is 0 Å². The van der Waals surface area contributed by atoms with E-state index in [1.54, 1.807) is 11.8 Å². The Bertz CT molecular complexity index is 603. The van der Waals surface area contributed by atoms with Crippen molar-refractivity contribution in [3.8, 4) is 0 Å². The van der Waals surface area contributed by atoms with E-state index in [-0.39, 0.29) is 29.8 Å². The highest BCUT2D eigenvalue weighted by atomic mass is 32.2. The number of thioether (sulfide) groups is 1. The molecule has 0 aromatic heterocycles. The zero-order chi connectivity index (χ0) is 19.2. The highest BCUT2D eigenvalue weighted by molar-refractivity contribution is 7.98. The summed E-state index contributed by atoms with van der Waals surface area (Å²) in [4.78, 5) is 38.2. The number of hydrogen-bond donors (Lipinski definition) is 2. The summed E-state index contributed by atoms with van der Waals surface area (Å²) in [6, 6.07) is -0.825. The van der Waals surface area contributed by atoms with Gasteiger partial charge in [0.2, 0.25) is 5.91 Å². The fourth-order valence-electron chi connectivity index (χ4n) is 6.45. The van der Waals surface area contributed by atoms with Gasteiger partial charge in [0.05, 0.1) is 0 Å². The molecule has 7 heteroatoms. The van der Waals surface area contributed by atoms with Crippen LogP contribution in [0, 0.1) is 23.2 Å². The molecule has 1 aliphatic heterocycles. The number of carbonyl (C=O) groups is 3. The number of rotatable bonds is 7. The van der Waals surface area contributed by atoms with Crippen LogP contribution in [0.1, 0.15) is 51.9 Å². The molecule has 0 spiro atoms. The summed E-state index contributed by atoms with van der Waals surface area (Å²) in [6.45, 7) is 1.95. The number of nitrogens with one attached hydrogen (secondary N) is 2. The van der Waals surface area contributed by atoms with Crippen LogP contribution in [0.5, 0.6) is 0 Å². The van der Waals surface area contributed by atoms with E-state index in [0.717, 1.165) is 28.4 Å². The summed E-state index contributed by atoms with van der Waals surface area (Å²) in [5.41, 5.74) is 0.225. The first-order valence-electron chi connectivity index (χ1n) is 10.3. The predicted octanol–water partition coefficient (Wildman–Crippen LogP) is 2.38. The molecular weight excluding hydrogens is 362 g/mol. The lowest BCUT2D eigenvalue weighted by Gasteiger charge is -2.59. The minimum atomic E-state index is -0.488. The minimum absolute atomic E-state index is 0.103. The Labute approximate surface area is 165 Å². The van der Waals surface area contributed by atoms with Gasteiger partial charge in [0.1, 0.15) is 12.6 Å². The number of carbonyl (C=O) groups excluding carboxylic acids is 3. The zero-order valence-corrected chi connectivity index (χ0v) is 17.1. The van der Waals surface area contributed by atoms with Gasteiger partial charge in [0.25, 0.3) is 5.91 Å². The number of urea groups is 1. The summed E-state index contributed by atoms with van der Waals surface area (Å²) in [5, 5.41) is 5.85. The Balaban J connectivity index is 1.34. The predicted molar refractivity (Wildman–Crippen MR) is 105 cm³/mol. The molecule has 5 rings (SSSR count). The van der Waals surface area contributed by atoms with Gasteiger partial charge in [0.15, 0.2) is 0 Å². The van der Waals surface area contributed by atoms with Crippen LogP contribution in [0.25, 0.3) is 0 Å². The van der Waals surface area contributed by atoms with E-state index < -0.39 is 12.1 Å². The third-order valence-electron chi connectivity index (χ3n) is 7.40. The molecule has 150 valence electrons. The van der Waals surface area contributed by atoms with Crippen molar-refractivity contribution in [1.82, 2.24) is 15.5 Å². The number of imide groups is 1. The molecule has 4 bridgehead atoms. The normalized spacial score (nSPS) is 38.2. The molecule has 2 atom stereocenters. The van der Waals surface area contributed by atoms with E-state index in [1.807, 2.05) is 6.26 Å². The number of nitrogens with zero attached hydrogens (tertiary/aromatic N) is 1. The molecule has 0 aromatic carbocycles. The lowest BCUT2D eigenvalue weighted by Crippen LogP contribution is -2.57. The summed E-state index contributed by atoms with van der Waals surface area (Å²) in [7, 11) is 0. The standard InChI is InChI=1S/C20H31N3O3S/c1-12(20-8-13-5-14(9-20)7-15(6-13)10-20)21-17(24)11-23-18(25)16(3-4-27-2)22-19(23)26/h12-16H,3-11H2,1-2H3,(H,21,24)(H,22,26)/t12-,13?,14?,15?,16+,20?/m1/s1. The van der Waals surface area contributed by atoms with Crippen LogP contribution in [0.3, 0.4) is 0 Å². The zero-order valence-electron chi connectivity index (χ0n) is 16.3. The topological polar surface area (TPSA) is 78.5 Å². The van der Waals surface area contributed by atoms with Gasteiger partial charge in [-0.05, 0) is 87.0 Å². The molecule has 5 aliphatic rings. The van der Waals surface area contributed by atoms with Gasteiger partial charge in [-0.25, -0.2) is 4.79 Å². The Kier molecular flexibility index (Phi) is 5.16. The van der Waals surface area contributed by atoms with Crippen molar-refractivity contribution in [2.24, 2.45) is 23.2 Å². The van der Waals surface area contributed by atoms with Gasteiger partial charge in [-0.15, -0.1) is 0 Å². The van der Waals surface area contributed by atoms with Crippen molar-refractivity contribution in [3.05, 3.63) is 0 Å². The largest absolute Gasteiger partial charge is 0.352 e. The average Bonchev–Trinajstić information content (AvgIpc) is 2.86. The van der Waals surface area contributed by atoms with E-state index in [0.29, 0.717) is 6.42 Å². The molecule has 4 aliphatic carbocycles. The van der Waals surface area contributed by atoms with Crippen molar-refractivity contribution in [3.63, 3.8) is 0 Å². The quantitative estimate of drug-likeness (QED) is 0.651. The van der Waals surface area contributed by atoms with Gasteiger partial charge in [0, 0.05) is 6.04 Å².